The second-order valence-electron chi connectivity index (χ2n) is 32.2. The van der Waals surface area contributed by atoms with Crippen LogP contribution in [-0.2, 0) is 27.1 Å². The smallest absolute Gasteiger partial charge is 0.249 e. The van der Waals surface area contributed by atoms with E-state index in [0.717, 1.165) is 0 Å². The standard InChI is InChI=1S/C98H76BNS/c1-94(2,3)65-50-63(51-66(56-65)95(4,5)6)64-54-88-91-89(55-64)101-93-85(48-47-84-90(93)73-37-21-27-43-82(73)98(84)79-40-24-18-34-70(79)71-35-19-25-41-80(71)98)99(91)86-53-62(45-49-87(86)100(88)92-74(59-28-12-10-13-29-59)57-67(96(7,8)9)58-75(92)60-30-14-11-15-31-60)61-44-46-83-76(52-61)72-36-20-26-42-81(72)97(83)77-38-22-16-32-68(77)69-33-17-23-39-78(69)97/h10-58H,1-9H3. The van der Waals surface area contributed by atoms with Crippen molar-refractivity contribution in [3.05, 3.63) is 358 Å². The number of nitrogens with zero attached hydrogens (tertiary/aromatic N) is 1. The van der Waals surface area contributed by atoms with Crippen LogP contribution in [0.2, 0.25) is 0 Å². The van der Waals surface area contributed by atoms with Gasteiger partial charge in [0.15, 0.2) is 0 Å². The van der Waals surface area contributed by atoms with Gasteiger partial charge in [0, 0.05) is 37.9 Å². The van der Waals surface area contributed by atoms with E-state index in [1.807, 2.05) is 11.8 Å². The zero-order chi connectivity index (χ0) is 68.2. The minimum absolute atomic E-state index is 0.0949. The molecule has 3 heteroatoms. The van der Waals surface area contributed by atoms with Crippen molar-refractivity contribution in [3.8, 4) is 89.0 Å². The Morgan fingerprint density at radius 2 is 0.673 bits per heavy atom. The number of rotatable bonds is 5. The van der Waals surface area contributed by atoms with E-state index >= 15 is 0 Å². The zero-order valence-electron chi connectivity index (χ0n) is 58.7. The number of anilines is 3. The Labute approximate surface area is 599 Å². The van der Waals surface area contributed by atoms with Crippen LogP contribution < -0.4 is 21.3 Å². The van der Waals surface area contributed by atoms with Crippen molar-refractivity contribution in [1.82, 2.24) is 0 Å². The summed E-state index contributed by atoms with van der Waals surface area (Å²) in [6, 6.07) is 116. The SMILES string of the molecule is CC(C)(C)c1cc(-c2cc3c4c(c2)N(c2c(-c5ccccc5)cc(C(C)(C)C)cc2-c2ccccc2)c2ccc(-c5ccc6c(c5)-c5ccccc5C65c6ccccc6-c6ccccc65)cc2B4c2ccc4c(c2S3)-c2ccccc2C42c3ccccc3-c3ccccc32)cc(C(C)(C)C)c1. The Kier molecular flexibility index (Phi) is 12.8. The third-order valence-corrected chi connectivity index (χ3v) is 24.8. The van der Waals surface area contributed by atoms with Crippen LogP contribution in [0.3, 0.4) is 0 Å². The van der Waals surface area contributed by atoms with Gasteiger partial charge in [-0.15, -0.1) is 0 Å². The molecule has 6 aliphatic rings. The Morgan fingerprint density at radius 1 is 0.277 bits per heavy atom. The highest BCUT2D eigenvalue weighted by Crippen LogP contribution is 2.66. The average Bonchev–Trinajstić information content (AvgIpc) is 1.55. The largest absolute Gasteiger partial charge is 0.310 e. The predicted molar refractivity (Wildman–Crippen MR) is 427 cm³/mol. The van der Waals surface area contributed by atoms with E-state index in [9.17, 15) is 0 Å². The third kappa shape index (κ3) is 8.42. The topological polar surface area (TPSA) is 3.24 Å². The molecule has 0 atom stereocenters. The van der Waals surface area contributed by atoms with Crippen molar-refractivity contribution in [2.45, 2.75) is 99.2 Å². The highest BCUT2D eigenvalue weighted by molar-refractivity contribution is 8.00. The summed E-state index contributed by atoms with van der Waals surface area (Å²) in [5.41, 5.74) is 41.3. The number of hydrogen-bond donors (Lipinski definition) is 0. The van der Waals surface area contributed by atoms with Crippen LogP contribution in [0.25, 0.3) is 89.0 Å². The molecular formula is C98H76BNS. The quantitative estimate of drug-likeness (QED) is 0.158. The first kappa shape index (κ1) is 60.3. The molecule has 2 spiro atoms. The van der Waals surface area contributed by atoms with Crippen molar-refractivity contribution in [2.24, 2.45) is 0 Å². The van der Waals surface area contributed by atoms with Gasteiger partial charge in [-0.05, 0) is 197 Å². The van der Waals surface area contributed by atoms with Crippen LogP contribution in [0.1, 0.15) is 124 Å². The van der Waals surface area contributed by atoms with Gasteiger partial charge in [-0.3, -0.25) is 0 Å². The van der Waals surface area contributed by atoms with Crippen molar-refractivity contribution in [2.75, 3.05) is 4.90 Å². The summed E-state index contributed by atoms with van der Waals surface area (Å²) in [6.45, 7) is 21.2. The molecule has 0 unspecified atom stereocenters. The summed E-state index contributed by atoms with van der Waals surface area (Å²) in [6.07, 6.45) is 0. The fraction of sp³-hybridized carbons (Fsp3) is 0.143. The average molecular weight is 1310 g/mol. The molecule has 0 saturated heterocycles. The monoisotopic (exact) mass is 1310 g/mol. The summed E-state index contributed by atoms with van der Waals surface area (Å²) in [4.78, 5) is 5.37. The molecule has 14 aromatic rings. The van der Waals surface area contributed by atoms with Gasteiger partial charge in [-0.1, -0.05) is 340 Å². The highest BCUT2D eigenvalue weighted by atomic mass is 32.2. The maximum Gasteiger partial charge on any atom is 0.249 e. The molecule has 0 amide bonds. The summed E-state index contributed by atoms with van der Waals surface area (Å²) in [5.74, 6) is 0. The fourth-order valence-corrected chi connectivity index (χ4v) is 20.3. The second-order valence-corrected chi connectivity index (χ2v) is 33.2. The molecule has 0 fully saturated rings. The number of benzene rings is 14. The molecule has 20 rings (SSSR count). The maximum absolute atomic E-state index is 2.74. The lowest BCUT2D eigenvalue weighted by Gasteiger charge is -2.43. The molecule has 2 heterocycles. The van der Waals surface area contributed by atoms with E-state index < -0.39 is 10.8 Å². The Morgan fingerprint density at radius 3 is 1.18 bits per heavy atom. The molecule has 2 aliphatic heterocycles. The molecule has 0 radical (unpaired) electrons. The lowest BCUT2D eigenvalue weighted by Crippen LogP contribution is -2.60. The Hall–Kier alpha value is -10.7. The van der Waals surface area contributed by atoms with Gasteiger partial charge in [-0.25, -0.2) is 0 Å². The van der Waals surface area contributed by atoms with E-state index in [1.165, 1.54) is 193 Å². The number of hydrogen-bond acceptors (Lipinski definition) is 2. The van der Waals surface area contributed by atoms with Gasteiger partial charge < -0.3 is 4.90 Å². The van der Waals surface area contributed by atoms with E-state index in [-0.39, 0.29) is 23.0 Å². The maximum atomic E-state index is 2.74. The van der Waals surface area contributed by atoms with Gasteiger partial charge in [-0.2, -0.15) is 0 Å². The Balaban J connectivity index is 0.901. The molecular weight excluding hydrogens is 1230 g/mol. The van der Waals surface area contributed by atoms with E-state index in [0.29, 0.717) is 0 Å². The normalized spacial score (nSPS) is 14.7. The van der Waals surface area contributed by atoms with E-state index in [1.54, 1.807) is 0 Å². The summed E-state index contributed by atoms with van der Waals surface area (Å²) < 4.78 is 0. The molecule has 101 heavy (non-hydrogen) atoms. The molecule has 0 aromatic heterocycles. The summed E-state index contributed by atoms with van der Waals surface area (Å²) in [7, 11) is 0. The van der Waals surface area contributed by atoms with Gasteiger partial charge >= 0.3 is 0 Å². The van der Waals surface area contributed by atoms with E-state index in [2.05, 4.69) is 364 Å². The van der Waals surface area contributed by atoms with Crippen LogP contribution in [0.4, 0.5) is 17.1 Å². The summed E-state index contributed by atoms with van der Waals surface area (Å²) >= 11 is 2.01. The van der Waals surface area contributed by atoms with Crippen molar-refractivity contribution in [1.29, 1.82) is 0 Å². The third-order valence-electron chi connectivity index (χ3n) is 23.6. The van der Waals surface area contributed by atoms with Crippen LogP contribution in [0.5, 0.6) is 0 Å². The van der Waals surface area contributed by atoms with Gasteiger partial charge in [0.25, 0.3) is 0 Å². The van der Waals surface area contributed by atoms with Gasteiger partial charge in [0.2, 0.25) is 6.71 Å². The first-order valence-corrected chi connectivity index (χ1v) is 37.0. The molecule has 482 valence electrons. The van der Waals surface area contributed by atoms with Crippen molar-refractivity contribution >= 4 is 51.9 Å². The minimum Gasteiger partial charge on any atom is -0.310 e. The zero-order valence-corrected chi connectivity index (χ0v) is 59.5. The van der Waals surface area contributed by atoms with Crippen LogP contribution in [-0.4, -0.2) is 6.71 Å². The van der Waals surface area contributed by atoms with Crippen LogP contribution >= 0.6 is 11.8 Å². The van der Waals surface area contributed by atoms with Gasteiger partial charge in [0.05, 0.1) is 16.5 Å². The highest BCUT2D eigenvalue weighted by Gasteiger charge is 2.55. The van der Waals surface area contributed by atoms with Crippen LogP contribution in [0, 0.1) is 0 Å². The molecule has 4 aliphatic carbocycles. The van der Waals surface area contributed by atoms with Crippen molar-refractivity contribution < 1.29 is 0 Å². The molecule has 0 saturated carbocycles. The lowest BCUT2D eigenvalue weighted by molar-refractivity contribution is 0.569. The van der Waals surface area contributed by atoms with Crippen molar-refractivity contribution in [3.63, 3.8) is 0 Å². The first-order valence-electron chi connectivity index (χ1n) is 36.2. The molecule has 0 bridgehead atoms. The van der Waals surface area contributed by atoms with Gasteiger partial charge in [0.1, 0.15) is 0 Å². The minimum atomic E-state index is -0.499. The molecule has 0 N–H and O–H groups in total. The van der Waals surface area contributed by atoms with Crippen LogP contribution in [0.15, 0.2) is 307 Å². The number of fused-ring (bicyclic) bond motifs is 25. The first-order chi connectivity index (χ1) is 49.0. The fourth-order valence-electron chi connectivity index (χ4n) is 18.9. The Bertz CT molecular complexity index is 5710. The molecule has 14 aromatic carbocycles. The second kappa shape index (κ2) is 21.4. The predicted octanol–water partition coefficient (Wildman–Crippen LogP) is 23.7. The van der Waals surface area contributed by atoms with E-state index in [4.69, 9.17) is 0 Å². The summed E-state index contributed by atoms with van der Waals surface area (Å²) in [5, 5.41) is 0. The molecule has 1 nitrogen and oxygen atoms in total. The lowest BCUT2D eigenvalue weighted by atomic mass is 9.34.